The second-order valence-electron chi connectivity index (χ2n) is 8.34. The molecular formula is C27H30N4O3S. The molecule has 3 aromatic carbocycles. The minimum absolute atomic E-state index is 0.109. The van der Waals surface area contributed by atoms with Crippen molar-refractivity contribution in [3.05, 3.63) is 95.8 Å². The highest BCUT2D eigenvalue weighted by Gasteiger charge is 2.24. The molecule has 0 aliphatic rings. The van der Waals surface area contributed by atoms with Crippen LogP contribution < -0.4 is 5.32 Å². The van der Waals surface area contributed by atoms with Crippen molar-refractivity contribution in [2.75, 3.05) is 13.1 Å². The molecule has 0 fully saturated rings. The van der Waals surface area contributed by atoms with Gasteiger partial charge in [-0.3, -0.25) is 4.79 Å². The number of para-hydroxylation sites is 2. The van der Waals surface area contributed by atoms with Crippen LogP contribution in [0.3, 0.4) is 0 Å². The van der Waals surface area contributed by atoms with Gasteiger partial charge in [0.05, 0.1) is 22.0 Å². The van der Waals surface area contributed by atoms with Crippen LogP contribution >= 0.6 is 0 Å². The zero-order valence-electron chi connectivity index (χ0n) is 20.2. The van der Waals surface area contributed by atoms with Crippen molar-refractivity contribution >= 4 is 27.0 Å². The maximum absolute atomic E-state index is 13.1. The van der Waals surface area contributed by atoms with Crippen LogP contribution in [0.15, 0.2) is 83.8 Å². The summed E-state index contributed by atoms with van der Waals surface area (Å²) < 4.78 is 29.3. The molecule has 1 N–H and O–H groups in total. The van der Waals surface area contributed by atoms with Gasteiger partial charge in [-0.15, -0.1) is 0 Å². The highest BCUT2D eigenvalue weighted by molar-refractivity contribution is 7.89. The summed E-state index contributed by atoms with van der Waals surface area (Å²) in [5, 5.41) is 3.00. The smallest absolute Gasteiger partial charge is 0.251 e. The van der Waals surface area contributed by atoms with E-state index in [0.717, 1.165) is 22.4 Å². The molecular weight excluding hydrogens is 460 g/mol. The molecule has 1 amide bonds. The van der Waals surface area contributed by atoms with E-state index in [9.17, 15) is 13.2 Å². The van der Waals surface area contributed by atoms with Gasteiger partial charge in [0, 0.05) is 25.2 Å². The number of carbonyl (C=O) groups is 1. The molecule has 0 bridgehead atoms. The van der Waals surface area contributed by atoms with Gasteiger partial charge in [-0.1, -0.05) is 62.4 Å². The number of nitrogens with one attached hydrogen (secondary N) is 1. The number of hydrogen-bond donors (Lipinski definition) is 1. The Morgan fingerprint density at radius 2 is 1.66 bits per heavy atom. The number of aromatic nitrogens is 2. The van der Waals surface area contributed by atoms with E-state index in [-0.39, 0.29) is 16.4 Å². The summed E-state index contributed by atoms with van der Waals surface area (Å²) in [5.74, 6) is 0.378. The minimum Gasteiger partial charge on any atom is -0.342 e. The Labute approximate surface area is 206 Å². The fraction of sp³-hybridized carbons (Fsp3) is 0.259. The normalized spacial score (nSPS) is 12.7. The van der Waals surface area contributed by atoms with Gasteiger partial charge >= 0.3 is 0 Å². The molecule has 182 valence electrons. The molecule has 0 aliphatic heterocycles. The summed E-state index contributed by atoms with van der Waals surface area (Å²) in [6, 6.07) is 23.8. The van der Waals surface area contributed by atoms with Crippen LogP contribution in [0.5, 0.6) is 0 Å². The predicted octanol–water partition coefficient (Wildman–Crippen LogP) is 4.61. The quantitative estimate of drug-likeness (QED) is 0.371. The number of fused-ring (bicyclic) bond motifs is 1. The number of sulfonamides is 1. The lowest BCUT2D eigenvalue weighted by atomic mass is 10.2. The number of carbonyl (C=O) groups excluding carboxylic acids is 1. The van der Waals surface area contributed by atoms with Gasteiger partial charge in [0.15, 0.2) is 0 Å². The fourth-order valence-electron chi connectivity index (χ4n) is 4.21. The molecule has 0 saturated heterocycles. The van der Waals surface area contributed by atoms with Gasteiger partial charge < -0.3 is 9.88 Å². The number of imidazole rings is 1. The number of nitrogens with zero attached hydrogens (tertiary/aromatic N) is 3. The summed E-state index contributed by atoms with van der Waals surface area (Å²) in [7, 11) is -3.66. The monoisotopic (exact) mass is 490 g/mol. The summed E-state index contributed by atoms with van der Waals surface area (Å²) in [6.07, 6.45) is 0. The van der Waals surface area contributed by atoms with E-state index in [1.165, 1.54) is 16.4 Å². The second kappa shape index (κ2) is 10.4. The summed E-state index contributed by atoms with van der Waals surface area (Å²) in [4.78, 5) is 18.1. The highest BCUT2D eigenvalue weighted by atomic mass is 32.2. The standard InChI is InChI=1S/C27H30N4O3S/c1-4-30(5-2)35(33,34)23-15-11-14-22(18-23)27(32)28-20(3)26-29-24-16-9-10-17-25(24)31(26)19-21-12-7-6-8-13-21/h6-18,20H,4-5,19H2,1-3H3,(H,28,32). The Hall–Kier alpha value is -3.49. The van der Waals surface area contributed by atoms with E-state index >= 15 is 0 Å². The second-order valence-corrected chi connectivity index (χ2v) is 10.3. The molecule has 1 aromatic heterocycles. The van der Waals surface area contributed by atoms with Crippen LogP contribution in [0.25, 0.3) is 11.0 Å². The van der Waals surface area contributed by atoms with Crippen molar-refractivity contribution in [1.82, 2.24) is 19.2 Å². The van der Waals surface area contributed by atoms with Gasteiger partial charge in [0.25, 0.3) is 5.91 Å². The maximum atomic E-state index is 13.1. The number of amides is 1. The Kier molecular flexibility index (Phi) is 7.33. The predicted molar refractivity (Wildman–Crippen MR) is 138 cm³/mol. The molecule has 1 atom stereocenters. The summed E-state index contributed by atoms with van der Waals surface area (Å²) >= 11 is 0. The lowest BCUT2D eigenvalue weighted by molar-refractivity contribution is 0.0937. The van der Waals surface area contributed by atoms with Gasteiger partial charge in [0.1, 0.15) is 5.82 Å². The molecule has 0 aliphatic carbocycles. The SMILES string of the molecule is CCN(CC)S(=O)(=O)c1cccc(C(=O)NC(C)c2nc3ccccc3n2Cc2ccccc2)c1. The average molecular weight is 491 g/mol. The highest BCUT2D eigenvalue weighted by Crippen LogP contribution is 2.23. The van der Waals surface area contributed by atoms with Gasteiger partial charge in [-0.25, -0.2) is 13.4 Å². The topological polar surface area (TPSA) is 84.3 Å². The van der Waals surface area contributed by atoms with Gasteiger partial charge in [0.2, 0.25) is 10.0 Å². The van der Waals surface area contributed by atoms with E-state index in [2.05, 4.69) is 22.0 Å². The Balaban J connectivity index is 1.62. The Morgan fingerprint density at radius 1 is 0.971 bits per heavy atom. The zero-order valence-corrected chi connectivity index (χ0v) is 21.0. The molecule has 8 heteroatoms. The van der Waals surface area contributed by atoms with Crippen LogP contribution in [-0.4, -0.2) is 41.3 Å². The van der Waals surface area contributed by atoms with Crippen LogP contribution in [0.1, 0.15) is 48.6 Å². The van der Waals surface area contributed by atoms with Gasteiger partial charge in [-0.2, -0.15) is 4.31 Å². The number of benzene rings is 3. The molecule has 7 nitrogen and oxygen atoms in total. The average Bonchev–Trinajstić information content (AvgIpc) is 3.24. The van der Waals surface area contributed by atoms with Crippen LogP contribution in [-0.2, 0) is 16.6 Å². The number of hydrogen-bond acceptors (Lipinski definition) is 4. The van der Waals surface area contributed by atoms with Gasteiger partial charge in [-0.05, 0) is 42.8 Å². The molecule has 4 aromatic rings. The van der Waals surface area contributed by atoms with Crippen molar-refractivity contribution in [2.24, 2.45) is 0 Å². The van der Waals surface area contributed by atoms with E-state index in [1.54, 1.807) is 26.0 Å². The number of rotatable bonds is 9. The third kappa shape index (κ3) is 5.13. The van der Waals surface area contributed by atoms with Crippen molar-refractivity contribution < 1.29 is 13.2 Å². The zero-order chi connectivity index (χ0) is 25.0. The van der Waals surface area contributed by atoms with Crippen molar-refractivity contribution in [1.29, 1.82) is 0 Å². The molecule has 35 heavy (non-hydrogen) atoms. The molecule has 4 rings (SSSR count). The largest absolute Gasteiger partial charge is 0.342 e. The Bertz CT molecular complexity index is 1430. The molecule has 0 radical (unpaired) electrons. The minimum atomic E-state index is -3.66. The first-order chi connectivity index (χ1) is 16.8. The first kappa shape index (κ1) is 24.6. The first-order valence-corrected chi connectivity index (χ1v) is 13.2. The molecule has 0 saturated carbocycles. The first-order valence-electron chi connectivity index (χ1n) is 11.7. The molecule has 1 heterocycles. The van der Waals surface area contributed by atoms with Crippen LogP contribution in [0.2, 0.25) is 0 Å². The van der Waals surface area contributed by atoms with E-state index in [1.807, 2.05) is 49.4 Å². The lowest BCUT2D eigenvalue weighted by Gasteiger charge is -2.19. The lowest BCUT2D eigenvalue weighted by Crippen LogP contribution is -2.31. The van der Waals surface area contributed by atoms with Crippen LogP contribution in [0, 0.1) is 0 Å². The fourth-order valence-corrected chi connectivity index (χ4v) is 5.72. The third-order valence-corrected chi connectivity index (χ3v) is 8.09. The van der Waals surface area contributed by atoms with Crippen LogP contribution in [0.4, 0.5) is 0 Å². The van der Waals surface area contributed by atoms with Crippen molar-refractivity contribution in [3.8, 4) is 0 Å². The van der Waals surface area contributed by atoms with Crippen molar-refractivity contribution in [3.63, 3.8) is 0 Å². The van der Waals surface area contributed by atoms with E-state index < -0.39 is 16.1 Å². The Morgan fingerprint density at radius 3 is 2.37 bits per heavy atom. The molecule has 1 unspecified atom stereocenters. The third-order valence-electron chi connectivity index (χ3n) is 6.04. The summed E-state index contributed by atoms with van der Waals surface area (Å²) in [5.41, 5.74) is 3.26. The molecule has 0 spiro atoms. The maximum Gasteiger partial charge on any atom is 0.251 e. The van der Waals surface area contributed by atoms with E-state index in [4.69, 9.17) is 4.98 Å². The van der Waals surface area contributed by atoms with E-state index in [0.29, 0.717) is 19.6 Å². The van der Waals surface area contributed by atoms with Crippen molar-refractivity contribution in [2.45, 2.75) is 38.3 Å². The summed E-state index contributed by atoms with van der Waals surface area (Å²) in [6.45, 7) is 6.82.